The minimum absolute atomic E-state index is 0.194. The van der Waals surface area contributed by atoms with Crippen LogP contribution in [0.15, 0.2) is 42.5 Å². The van der Waals surface area contributed by atoms with Crippen LogP contribution in [0.1, 0.15) is 15.9 Å². The van der Waals surface area contributed by atoms with Crippen molar-refractivity contribution in [2.75, 3.05) is 5.32 Å². The number of halogens is 2. The molecule has 0 radical (unpaired) electrons. The highest BCUT2D eigenvalue weighted by atomic mass is 35.5. The van der Waals surface area contributed by atoms with Crippen molar-refractivity contribution < 1.29 is 4.79 Å². The molecule has 0 unspecified atom stereocenters. The maximum Gasteiger partial charge on any atom is 0.257 e. The second-order valence-corrected chi connectivity index (χ2v) is 5.63. The van der Waals surface area contributed by atoms with Crippen molar-refractivity contribution in [3.63, 3.8) is 0 Å². The lowest BCUT2D eigenvalue weighted by molar-refractivity contribution is 0.0977. The lowest BCUT2D eigenvalue weighted by Gasteiger charge is -2.10. The highest BCUT2D eigenvalue weighted by molar-refractivity contribution is 7.80. The van der Waals surface area contributed by atoms with Gasteiger partial charge in [0.05, 0.1) is 0 Å². The van der Waals surface area contributed by atoms with E-state index in [-0.39, 0.29) is 11.0 Å². The number of rotatable bonds is 2. The number of nitrogens with one attached hydrogen (secondary N) is 2. The van der Waals surface area contributed by atoms with Gasteiger partial charge in [0, 0.05) is 21.3 Å². The third-order valence-electron chi connectivity index (χ3n) is 2.74. The van der Waals surface area contributed by atoms with Crippen LogP contribution in [0.3, 0.4) is 0 Å². The van der Waals surface area contributed by atoms with Gasteiger partial charge in [0.2, 0.25) is 0 Å². The number of carbonyl (C=O) groups excluding carboxylic acids is 1. The van der Waals surface area contributed by atoms with Crippen molar-refractivity contribution in [2.45, 2.75) is 6.92 Å². The molecule has 0 aromatic heterocycles. The Hall–Kier alpha value is -1.62. The summed E-state index contributed by atoms with van der Waals surface area (Å²) in [5.41, 5.74) is 2.12. The molecule has 0 saturated carbocycles. The average Bonchev–Trinajstić information content (AvgIpc) is 2.43. The zero-order valence-electron chi connectivity index (χ0n) is 11.1. The molecule has 2 rings (SSSR count). The molecule has 108 valence electrons. The first-order valence-electron chi connectivity index (χ1n) is 6.10. The molecule has 0 heterocycles. The van der Waals surface area contributed by atoms with E-state index in [4.69, 9.17) is 35.4 Å². The smallest absolute Gasteiger partial charge is 0.257 e. The SMILES string of the molecule is Cc1ccc(NC(=S)NC(=O)c2cccc(Cl)c2)cc1Cl. The molecule has 21 heavy (non-hydrogen) atoms. The van der Waals surface area contributed by atoms with Gasteiger partial charge in [-0.3, -0.25) is 10.1 Å². The van der Waals surface area contributed by atoms with Crippen molar-refractivity contribution in [1.82, 2.24) is 5.32 Å². The molecular weight excluding hydrogens is 327 g/mol. The summed E-state index contributed by atoms with van der Waals surface area (Å²) >= 11 is 17.0. The summed E-state index contributed by atoms with van der Waals surface area (Å²) in [6, 6.07) is 12.1. The maximum atomic E-state index is 12.0. The van der Waals surface area contributed by atoms with Gasteiger partial charge in [0.15, 0.2) is 5.11 Å². The fraction of sp³-hybridized carbons (Fsp3) is 0.0667. The Bertz CT molecular complexity index is 704. The first kappa shape index (κ1) is 15.8. The molecule has 1 amide bonds. The predicted molar refractivity (Wildman–Crippen MR) is 91.3 cm³/mol. The van der Waals surface area contributed by atoms with E-state index in [1.54, 1.807) is 30.3 Å². The molecule has 0 bridgehead atoms. The Morgan fingerprint density at radius 3 is 2.57 bits per heavy atom. The van der Waals surface area contributed by atoms with Crippen LogP contribution in [0.5, 0.6) is 0 Å². The largest absolute Gasteiger partial charge is 0.332 e. The van der Waals surface area contributed by atoms with Crippen LogP contribution in [0.25, 0.3) is 0 Å². The van der Waals surface area contributed by atoms with E-state index in [0.717, 1.165) is 5.56 Å². The first-order chi connectivity index (χ1) is 9.95. The fourth-order valence-corrected chi connectivity index (χ4v) is 2.22. The summed E-state index contributed by atoms with van der Waals surface area (Å²) in [6.07, 6.45) is 0. The molecule has 6 heteroatoms. The van der Waals surface area contributed by atoms with Crippen molar-refractivity contribution in [3.05, 3.63) is 63.6 Å². The molecule has 2 aromatic rings. The monoisotopic (exact) mass is 338 g/mol. The van der Waals surface area contributed by atoms with Crippen molar-refractivity contribution in [3.8, 4) is 0 Å². The number of aryl methyl sites for hydroxylation is 1. The minimum Gasteiger partial charge on any atom is -0.332 e. The van der Waals surface area contributed by atoms with Crippen LogP contribution in [0.2, 0.25) is 10.0 Å². The summed E-state index contributed by atoms with van der Waals surface area (Å²) < 4.78 is 0. The lowest BCUT2D eigenvalue weighted by atomic mass is 10.2. The highest BCUT2D eigenvalue weighted by Gasteiger charge is 2.08. The maximum absolute atomic E-state index is 12.0. The Kier molecular flexibility index (Phi) is 5.17. The van der Waals surface area contributed by atoms with Gasteiger partial charge in [-0.25, -0.2) is 0 Å². The minimum atomic E-state index is -0.326. The number of carbonyl (C=O) groups is 1. The summed E-state index contributed by atoms with van der Waals surface area (Å²) in [5, 5.41) is 6.81. The normalized spacial score (nSPS) is 10.0. The molecule has 3 nitrogen and oxygen atoms in total. The Morgan fingerprint density at radius 1 is 1.14 bits per heavy atom. The van der Waals surface area contributed by atoms with Gasteiger partial charge in [-0.05, 0) is 55.0 Å². The van der Waals surface area contributed by atoms with E-state index < -0.39 is 0 Å². The second kappa shape index (κ2) is 6.89. The van der Waals surface area contributed by atoms with Gasteiger partial charge in [0.25, 0.3) is 5.91 Å². The molecule has 2 N–H and O–H groups in total. The highest BCUT2D eigenvalue weighted by Crippen LogP contribution is 2.19. The van der Waals surface area contributed by atoms with Crippen LogP contribution < -0.4 is 10.6 Å². The fourth-order valence-electron chi connectivity index (χ4n) is 1.64. The van der Waals surface area contributed by atoms with E-state index in [1.807, 2.05) is 19.1 Å². The lowest BCUT2D eigenvalue weighted by Crippen LogP contribution is -2.34. The molecule has 0 aliphatic heterocycles. The Morgan fingerprint density at radius 2 is 1.90 bits per heavy atom. The van der Waals surface area contributed by atoms with Gasteiger partial charge in [-0.15, -0.1) is 0 Å². The van der Waals surface area contributed by atoms with Gasteiger partial charge in [-0.1, -0.05) is 35.3 Å². The van der Waals surface area contributed by atoms with Crippen LogP contribution >= 0.6 is 35.4 Å². The number of thiocarbonyl (C=S) groups is 1. The van der Waals surface area contributed by atoms with E-state index in [1.165, 1.54) is 0 Å². The number of amides is 1. The summed E-state index contributed by atoms with van der Waals surface area (Å²) in [7, 11) is 0. The third kappa shape index (κ3) is 4.43. The average molecular weight is 339 g/mol. The topological polar surface area (TPSA) is 41.1 Å². The zero-order chi connectivity index (χ0) is 15.4. The van der Waals surface area contributed by atoms with Crippen molar-refractivity contribution in [1.29, 1.82) is 0 Å². The predicted octanol–water partition coefficient (Wildman–Crippen LogP) is 4.43. The number of benzene rings is 2. The Labute approximate surface area is 138 Å². The first-order valence-corrected chi connectivity index (χ1v) is 7.26. The van der Waals surface area contributed by atoms with E-state index in [2.05, 4.69) is 10.6 Å². The number of hydrogen-bond donors (Lipinski definition) is 2. The van der Waals surface area contributed by atoms with Crippen LogP contribution in [-0.2, 0) is 0 Å². The Balaban J connectivity index is 2.01. The second-order valence-electron chi connectivity index (χ2n) is 4.38. The number of hydrogen-bond acceptors (Lipinski definition) is 2. The molecule has 0 fully saturated rings. The number of anilines is 1. The van der Waals surface area contributed by atoms with Crippen molar-refractivity contribution >= 4 is 52.1 Å². The molecule has 0 aliphatic carbocycles. The van der Waals surface area contributed by atoms with Gasteiger partial charge in [-0.2, -0.15) is 0 Å². The van der Waals surface area contributed by atoms with E-state index >= 15 is 0 Å². The molecule has 0 saturated heterocycles. The molecule has 2 aromatic carbocycles. The van der Waals surface area contributed by atoms with Crippen molar-refractivity contribution in [2.24, 2.45) is 0 Å². The molecular formula is C15H12Cl2N2OS. The van der Waals surface area contributed by atoms with Crippen LogP contribution in [-0.4, -0.2) is 11.0 Å². The van der Waals surface area contributed by atoms with E-state index in [9.17, 15) is 4.79 Å². The van der Waals surface area contributed by atoms with Crippen LogP contribution in [0.4, 0.5) is 5.69 Å². The zero-order valence-corrected chi connectivity index (χ0v) is 13.4. The van der Waals surface area contributed by atoms with E-state index in [0.29, 0.717) is 21.3 Å². The summed E-state index contributed by atoms with van der Waals surface area (Å²) in [6.45, 7) is 1.91. The summed E-state index contributed by atoms with van der Waals surface area (Å²) in [4.78, 5) is 12.0. The quantitative estimate of drug-likeness (QED) is 0.796. The standard InChI is InChI=1S/C15H12Cl2N2OS/c1-9-5-6-12(8-13(9)17)18-15(21)19-14(20)10-3-2-4-11(16)7-10/h2-8H,1H3,(H2,18,19,20,21). The molecule has 0 atom stereocenters. The van der Waals surface area contributed by atoms with Crippen LogP contribution in [0, 0.1) is 6.92 Å². The summed E-state index contributed by atoms with van der Waals surface area (Å²) in [5.74, 6) is -0.326. The van der Waals surface area contributed by atoms with Gasteiger partial charge in [0.1, 0.15) is 0 Å². The third-order valence-corrected chi connectivity index (χ3v) is 3.59. The molecule has 0 aliphatic rings. The van der Waals surface area contributed by atoms with Gasteiger partial charge < -0.3 is 5.32 Å². The van der Waals surface area contributed by atoms with Gasteiger partial charge >= 0.3 is 0 Å². The molecule has 0 spiro atoms.